The Morgan fingerprint density at radius 2 is 1.90 bits per heavy atom. The first kappa shape index (κ1) is 16.8. The van der Waals surface area contributed by atoms with Crippen LogP contribution in [0.1, 0.15) is 40.5 Å². The minimum Gasteiger partial charge on any atom is -0.444 e. The van der Waals surface area contributed by atoms with Gasteiger partial charge in [-0.05, 0) is 40.5 Å². The minimum absolute atomic E-state index is 0.0465. The van der Waals surface area contributed by atoms with Crippen LogP contribution in [0.25, 0.3) is 0 Å². The van der Waals surface area contributed by atoms with Crippen molar-refractivity contribution in [2.24, 2.45) is 5.92 Å². The van der Waals surface area contributed by atoms with E-state index in [0.29, 0.717) is 25.9 Å². The van der Waals surface area contributed by atoms with E-state index in [-0.39, 0.29) is 24.5 Å². The van der Waals surface area contributed by atoms with Gasteiger partial charge in [0.05, 0.1) is 6.10 Å². The molecule has 6 nitrogen and oxygen atoms in total. The summed E-state index contributed by atoms with van der Waals surface area (Å²) in [5.41, 5.74) is -0.497. The lowest BCUT2D eigenvalue weighted by molar-refractivity contribution is -0.126. The number of hydrogen-bond acceptors (Lipinski definition) is 4. The number of aliphatic hydroxyl groups excluding tert-OH is 1. The second kappa shape index (κ2) is 6.92. The van der Waals surface area contributed by atoms with Crippen LogP contribution in [0.4, 0.5) is 4.79 Å². The van der Waals surface area contributed by atoms with E-state index >= 15 is 0 Å². The third-order valence-electron chi connectivity index (χ3n) is 3.09. The second-order valence-corrected chi connectivity index (χ2v) is 6.34. The third-order valence-corrected chi connectivity index (χ3v) is 3.09. The topological polar surface area (TPSA) is 78.9 Å². The number of piperidine rings is 1. The van der Waals surface area contributed by atoms with E-state index in [1.165, 1.54) is 0 Å². The van der Waals surface area contributed by atoms with Gasteiger partial charge in [0.1, 0.15) is 5.60 Å². The zero-order chi connectivity index (χ0) is 15.3. The molecule has 2 N–H and O–H groups in total. The first-order valence-corrected chi connectivity index (χ1v) is 7.13. The lowest BCUT2D eigenvalue weighted by Gasteiger charge is -2.33. The molecular weight excluding hydrogens is 260 g/mol. The van der Waals surface area contributed by atoms with Gasteiger partial charge in [0.25, 0.3) is 0 Å². The van der Waals surface area contributed by atoms with Gasteiger partial charge in [-0.2, -0.15) is 0 Å². The molecule has 0 spiro atoms. The lowest BCUT2D eigenvalue weighted by Crippen LogP contribution is -2.45. The standard InChI is InChI=1S/C14H26N2O4/c1-10(17)9-15-12(18)11-5-7-16(8-6-11)13(19)20-14(2,3)4/h10-11,17H,5-9H2,1-4H3,(H,15,18). The maximum Gasteiger partial charge on any atom is 0.410 e. The maximum atomic E-state index is 11.9. The molecule has 0 aliphatic carbocycles. The largest absolute Gasteiger partial charge is 0.444 e. The van der Waals surface area contributed by atoms with Gasteiger partial charge in [0, 0.05) is 25.6 Å². The predicted octanol–water partition coefficient (Wildman–Crippen LogP) is 1.13. The predicted molar refractivity (Wildman–Crippen MR) is 75.2 cm³/mol. The quantitative estimate of drug-likeness (QED) is 0.815. The van der Waals surface area contributed by atoms with Crippen molar-refractivity contribution >= 4 is 12.0 Å². The van der Waals surface area contributed by atoms with Gasteiger partial charge >= 0.3 is 6.09 Å². The number of carbonyl (C=O) groups is 2. The Morgan fingerprint density at radius 3 is 2.35 bits per heavy atom. The molecule has 1 unspecified atom stereocenters. The first-order chi connectivity index (χ1) is 9.19. The molecule has 6 heteroatoms. The molecule has 2 amide bonds. The number of ether oxygens (including phenoxy) is 1. The molecule has 1 saturated heterocycles. The fourth-order valence-corrected chi connectivity index (χ4v) is 2.04. The summed E-state index contributed by atoms with van der Waals surface area (Å²) in [6.07, 6.45) is 0.400. The minimum atomic E-state index is -0.541. The Bertz CT molecular complexity index is 342. The monoisotopic (exact) mass is 286 g/mol. The van der Waals surface area contributed by atoms with Gasteiger partial charge in [-0.15, -0.1) is 0 Å². The van der Waals surface area contributed by atoms with Crippen LogP contribution in [0.5, 0.6) is 0 Å². The summed E-state index contributed by atoms with van der Waals surface area (Å²) in [7, 11) is 0. The van der Waals surface area contributed by atoms with Gasteiger partial charge in [-0.1, -0.05) is 0 Å². The van der Waals surface area contributed by atoms with Crippen molar-refractivity contribution in [3.63, 3.8) is 0 Å². The average Bonchev–Trinajstić information content (AvgIpc) is 2.34. The number of hydrogen-bond donors (Lipinski definition) is 2. The number of amides is 2. The Kier molecular flexibility index (Phi) is 5.80. The van der Waals surface area contributed by atoms with Crippen molar-refractivity contribution in [3.05, 3.63) is 0 Å². The van der Waals surface area contributed by atoms with Gasteiger partial charge in [-0.3, -0.25) is 4.79 Å². The molecule has 20 heavy (non-hydrogen) atoms. The third kappa shape index (κ3) is 5.77. The molecule has 1 atom stereocenters. The molecule has 1 heterocycles. The zero-order valence-electron chi connectivity index (χ0n) is 12.8. The maximum absolute atomic E-state index is 11.9. The number of carbonyl (C=O) groups excluding carboxylic acids is 2. The van der Waals surface area contributed by atoms with E-state index < -0.39 is 11.7 Å². The normalized spacial score (nSPS) is 18.6. The number of nitrogens with one attached hydrogen (secondary N) is 1. The van der Waals surface area contributed by atoms with E-state index in [4.69, 9.17) is 9.84 Å². The van der Waals surface area contributed by atoms with E-state index in [1.807, 2.05) is 20.8 Å². The van der Waals surface area contributed by atoms with Crippen molar-refractivity contribution < 1.29 is 19.4 Å². The molecule has 116 valence electrons. The molecule has 1 rings (SSSR count). The van der Waals surface area contributed by atoms with Crippen LogP contribution in [0.2, 0.25) is 0 Å². The number of nitrogens with zero attached hydrogens (tertiary/aromatic N) is 1. The van der Waals surface area contributed by atoms with Crippen LogP contribution < -0.4 is 5.32 Å². The Morgan fingerprint density at radius 1 is 1.35 bits per heavy atom. The molecule has 0 aromatic rings. The second-order valence-electron chi connectivity index (χ2n) is 6.34. The fraction of sp³-hybridized carbons (Fsp3) is 0.857. The number of rotatable bonds is 3. The summed E-state index contributed by atoms with van der Waals surface area (Å²) < 4.78 is 5.31. The van der Waals surface area contributed by atoms with E-state index in [0.717, 1.165) is 0 Å². The van der Waals surface area contributed by atoms with Crippen LogP contribution in [-0.2, 0) is 9.53 Å². The van der Waals surface area contributed by atoms with E-state index in [9.17, 15) is 9.59 Å². The Labute approximate surface area is 120 Å². The van der Waals surface area contributed by atoms with Gasteiger partial charge in [0.15, 0.2) is 0 Å². The van der Waals surface area contributed by atoms with Crippen LogP contribution in [0.3, 0.4) is 0 Å². The summed E-state index contributed by atoms with van der Waals surface area (Å²) in [5, 5.41) is 11.8. The van der Waals surface area contributed by atoms with Crippen molar-refractivity contribution in [2.45, 2.75) is 52.2 Å². The van der Waals surface area contributed by atoms with Gasteiger partial charge in [0.2, 0.25) is 5.91 Å². The fourth-order valence-electron chi connectivity index (χ4n) is 2.04. The highest BCUT2D eigenvalue weighted by molar-refractivity contribution is 5.79. The van der Waals surface area contributed by atoms with Crippen LogP contribution in [-0.4, -0.2) is 53.3 Å². The molecule has 0 aromatic carbocycles. The van der Waals surface area contributed by atoms with E-state index in [1.54, 1.807) is 11.8 Å². The molecule has 0 bridgehead atoms. The Hall–Kier alpha value is -1.30. The summed E-state index contributed by atoms with van der Waals surface area (Å²) in [5.74, 6) is -0.137. The molecule has 0 aromatic heterocycles. The summed E-state index contributed by atoms with van der Waals surface area (Å²) in [4.78, 5) is 25.4. The first-order valence-electron chi connectivity index (χ1n) is 7.13. The molecule has 0 saturated carbocycles. The van der Waals surface area contributed by atoms with Crippen LogP contribution in [0.15, 0.2) is 0 Å². The summed E-state index contributed by atoms with van der Waals surface area (Å²) >= 11 is 0. The zero-order valence-corrected chi connectivity index (χ0v) is 12.8. The average molecular weight is 286 g/mol. The summed E-state index contributed by atoms with van der Waals surface area (Å²) in [6.45, 7) is 8.46. The molecular formula is C14H26N2O4. The van der Waals surface area contributed by atoms with Crippen LogP contribution in [0, 0.1) is 5.92 Å². The lowest BCUT2D eigenvalue weighted by atomic mass is 9.96. The highest BCUT2D eigenvalue weighted by Gasteiger charge is 2.29. The highest BCUT2D eigenvalue weighted by Crippen LogP contribution is 2.19. The van der Waals surface area contributed by atoms with Crippen LogP contribution >= 0.6 is 0 Å². The van der Waals surface area contributed by atoms with Gasteiger partial charge in [-0.25, -0.2) is 4.79 Å². The van der Waals surface area contributed by atoms with Crippen molar-refractivity contribution in [1.82, 2.24) is 10.2 Å². The van der Waals surface area contributed by atoms with Crippen molar-refractivity contribution in [2.75, 3.05) is 19.6 Å². The Balaban J connectivity index is 2.36. The number of aliphatic hydroxyl groups is 1. The van der Waals surface area contributed by atoms with E-state index in [2.05, 4.69) is 5.32 Å². The summed E-state index contributed by atoms with van der Waals surface area (Å²) in [6, 6.07) is 0. The SMILES string of the molecule is CC(O)CNC(=O)C1CCN(C(=O)OC(C)(C)C)CC1. The van der Waals surface area contributed by atoms with Crippen molar-refractivity contribution in [1.29, 1.82) is 0 Å². The molecule has 0 radical (unpaired) electrons. The number of likely N-dealkylation sites (tertiary alicyclic amines) is 1. The molecule has 1 fully saturated rings. The highest BCUT2D eigenvalue weighted by atomic mass is 16.6. The van der Waals surface area contributed by atoms with Crippen molar-refractivity contribution in [3.8, 4) is 0 Å². The smallest absolute Gasteiger partial charge is 0.410 e. The molecule has 1 aliphatic rings. The van der Waals surface area contributed by atoms with Gasteiger partial charge < -0.3 is 20.1 Å². The molecule has 1 aliphatic heterocycles.